The van der Waals surface area contributed by atoms with Gasteiger partial charge in [0.2, 0.25) is 0 Å². The van der Waals surface area contributed by atoms with E-state index in [2.05, 4.69) is 15.9 Å². The monoisotopic (exact) mass is 296 g/mol. The van der Waals surface area contributed by atoms with Gasteiger partial charge < -0.3 is 4.74 Å². The van der Waals surface area contributed by atoms with E-state index in [1.54, 1.807) is 0 Å². The molecule has 16 heavy (non-hydrogen) atoms. The van der Waals surface area contributed by atoms with Crippen molar-refractivity contribution < 1.29 is 17.9 Å². The molecule has 1 aromatic rings. The molecule has 0 aliphatic heterocycles. The maximum atomic E-state index is 12.3. The summed E-state index contributed by atoms with van der Waals surface area (Å²) in [6.07, 6.45) is -2.55. The van der Waals surface area contributed by atoms with Crippen LogP contribution in [0.25, 0.3) is 0 Å². The molecule has 0 aliphatic rings. The van der Waals surface area contributed by atoms with Crippen molar-refractivity contribution in [3.63, 3.8) is 0 Å². The second kappa shape index (κ2) is 5.57. The van der Waals surface area contributed by atoms with Crippen LogP contribution in [0.1, 0.15) is 25.3 Å². The third-order valence-electron chi connectivity index (χ3n) is 1.96. The highest BCUT2D eigenvalue weighted by Crippen LogP contribution is 2.30. The van der Waals surface area contributed by atoms with Crippen molar-refractivity contribution in [2.45, 2.75) is 31.0 Å². The van der Waals surface area contributed by atoms with E-state index in [-0.39, 0.29) is 5.01 Å². The minimum atomic E-state index is -4.30. The van der Waals surface area contributed by atoms with Crippen LogP contribution in [-0.2, 0) is 6.18 Å². The SMILES string of the molecule is CCCC(Br)Oc1ccc(C(F)(F)F)cc1. The molecule has 5 heteroatoms. The van der Waals surface area contributed by atoms with Gasteiger partial charge in [-0.1, -0.05) is 13.3 Å². The summed E-state index contributed by atoms with van der Waals surface area (Å²) in [6.45, 7) is 2.00. The molecule has 0 N–H and O–H groups in total. The average Bonchev–Trinajstić information content (AvgIpc) is 2.17. The van der Waals surface area contributed by atoms with E-state index in [1.807, 2.05) is 6.92 Å². The minimum absolute atomic E-state index is 0.158. The number of ether oxygens (including phenoxy) is 1. The summed E-state index contributed by atoms with van der Waals surface area (Å²) >= 11 is 3.29. The fraction of sp³-hybridized carbons (Fsp3) is 0.455. The molecule has 1 nitrogen and oxygen atoms in total. The molecular weight excluding hydrogens is 285 g/mol. The lowest BCUT2D eigenvalue weighted by Crippen LogP contribution is -2.08. The smallest absolute Gasteiger partial charge is 0.416 e. The number of hydrogen-bond acceptors (Lipinski definition) is 1. The molecule has 0 aliphatic carbocycles. The van der Waals surface area contributed by atoms with Gasteiger partial charge in [0.25, 0.3) is 0 Å². The molecule has 0 heterocycles. The van der Waals surface area contributed by atoms with Gasteiger partial charge in [0, 0.05) is 0 Å². The van der Waals surface area contributed by atoms with Crippen LogP contribution in [0.15, 0.2) is 24.3 Å². The number of hydrogen-bond donors (Lipinski definition) is 0. The molecule has 1 atom stereocenters. The maximum Gasteiger partial charge on any atom is 0.416 e. The van der Waals surface area contributed by atoms with E-state index in [0.717, 1.165) is 25.0 Å². The Morgan fingerprint density at radius 3 is 2.25 bits per heavy atom. The lowest BCUT2D eigenvalue weighted by Gasteiger charge is -2.13. The van der Waals surface area contributed by atoms with E-state index in [9.17, 15) is 13.2 Å². The number of rotatable bonds is 4. The summed E-state index contributed by atoms with van der Waals surface area (Å²) in [7, 11) is 0. The molecule has 0 fully saturated rings. The summed E-state index contributed by atoms with van der Waals surface area (Å²) in [5, 5.41) is -0.158. The van der Waals surface area contributed by atoms with Gasteiger partial charge in [0.05, 0.1) is 5.56 Å². The first-order valence-electron chi connectivity index (χ1n) is 4.91. The zero-order valence-electron chi connectivity index (χ0n) is 8.72. The molecule has 0 spiro atoms. The molecule has 0 amide bonds. The summed E-state index contributed by atoms with van der Waals surface area (Å²) in [5.41, 5.74) is -0.665. The molecule has 0 saturated heterocycles. The second-order valence-electron chi connectivity index (χ2n) is 3.34. The van der Waals surface area contributed by atoms with Crippen molar-refractivity contribution >= 4 is 15.9 Å². The highest BCUT2D eigenvalue weighted by atomic mass is 79.9. The fourth-order valence-electron chi connectivity index (χ4n) is 1.16. The van der Waals surface area contributed by atoms with E-state index >= 15 is 0 Å². The van der Waals surface area contributed by atoms with Crippen LogP contribution in [0.5, 0.6) is 5.75 Å². The molecule has 1 rings (SSSR count). The average molecular weight is 297 g/mol. The van der Waals surface area contributed by atoms with Gasteiger partial charge in [-0.15, -0.1) is 0 Å². The molecular formula is C11H12BrF3O. The normalized spacial score (nSPS) is 13.6. The van der Waals surface area contributed by atoms with Crippen molar-refractivity contribution in [2.24, 2.45) is 0 Å². The van der Waals surface area contributed by atoms with Gasteiger partial charge in [-0.25, -0.2) is 0 Å². The summed E-state index contributed by atoms with van der Waals surface area (Å²) in [5.74, 6) is 0.434. The van der Waals surface area contributed by atoms with Crippen molar-refractivity contribution in [1.29, 1.82) is 0 Å². The Balaban J connectivity index is 2.65. The molecule has 0 aromatic heterocycles. The third kappa shape index (κ3) is 4.04. The summed E-state index contributed by atoms with van der Waals surface area (Å²) in [4.78, 5) is 0. The van der Waals surface area contributed by atoms with Crippen molar-refractivity contribution in [1.82, 2.24) is 0 Å². The van der Waals surface area contributed by atoms with Crippen LogP contribution in [-0.4, -0.2) is 5.01 Å². The molecule has 0 saturated carbocycles. The topological polar surface area (TPSA) is 9.23 Å². The zero-order valence-corrected chi connectivity index (χ0v) is 10.3. The Kier molecular flexibility index (Phi) is 4.65. The summed E-state index contributed by atoms with van der Waals surface area (Å²) in [6, 6.07) is 4.68. The third-order valence-corrected chi connectivity index (χ3v) is 2.61. The van der Waals surface area contributed by atoms with Gasteiger partial charge in [-0.3, -0.25) is 0 Å². The van der Waals surface area contributed by atoms with E-state index in [1.165, 1.54) is 12.1 Å². The van der Waals surface area contributed by atoms with E-state index in [4.69, 9.17) is 4.74 Å². The zero-order chi connectivity index (χ0) is 12.2. The summed E-state index contributed by atoms with van der Waals surface area (Å²) < 4.78 is 42.1. The largest absolute Gasteiger partial charge is 0.479 e. The Morgan fingerprint density at radius 1 is 1.25 bits per heavy atom. The van der Waals surface area contributed by atoms with Gasteiger partial charge in [-0.05, 0) is 46.6 Å². The molecule has 90 valence electrons. The Bertz CT molecular complexity index is 321. The highest BCUT2D eigenvalue weighted by molar-refractivity contribution is 9.09. The number of halogens is 4. The van der Waals surface area contributed by atoms with Crippen molar-refractivity contribution in [3.05, 3.63) is 29.8 Å². The first kappa shape index (κ1) is 13.4. The van der Waals surface area contributed by atoms with Gasteiger partial charge in [-0.2, -0.15) is 13.2 Å². The fourth-order valence-corrected chi connectivity index (χ4v) is 1.83. The first-order chi connectivity index (χ1) is 7.43. The Labute approximate surface area is 101 Å². The predicted molar refractivity (Wildman–Crippen MR) is 59.7 cm³/mol. The Hall–Kier alpha value is -0.710. The van der Waals surface area contributed by atoms with Crippen LogP contribution in [0, 0.1) is 0 Å². The van der Waals surface area contributed by atoms with Crippen molar-refractivity contribution in [3.8, 4) is 5.75 Å². The molecule has 1 aromatic carbocycles. The molecule has 1 unspecified atom stereocenters. The van der Waals surface area contributed by atoms with Gasteiger partial charge >= 0.3 is 6.18 Å². The van der Waals surface area contributed by atoms with Crippen LogP contribution < -0.4 is 4.74 Å². The van der Waals surface area contributed by atoms with Crippen LogP contribution >= 0.6 is 15.9 Å². The van der Waals surface area contributed by atoms with Crippen LogP contribution in [0.3, 0.4) is 0 Å². The van der Waals surface area contributed by atoms with Crippen LogP contribution in [0.4, 0.5) is 13.2 Å². The van der Waals surface area contributed by atoms with Gasteiger partial charge in [0.1, 0.15) is 5.75 Å². The number of benzene rings is 1. The Morgan fingerprint density at radius 2 is 1.81 bits per heavy atom. The van der Waals surface area contributed by atoms with Gasteiger partial charge in [0.15, 0.2) is 5.01 Å². The molecule has 0 bridgehead atoms. The minimum Gasteiger partial charge on any atom is -0.479 e. The van der Waals surface area contributed by atoms with E-state index in [0.29, 0.717) is 5.75 Å². The first-order valence-corrected chi connectivity index (χ1v) is 5.83. The lowest BCUT2D eigenvalue weighted by molar-refractivity contribution is -0.137. The highest BCUT2D eigenvalue weighted by Gasteiger charge is 2.30. The maximum absolute atomic E-state index is 12.3. The predicted octanol–water partition coefficient (Wildman–Crippen LogP) is 4.61. The number of alkyl halides is 4. The standard InChI is InChI=1S/C11H12BrF3O/c1-2-3-10(12)16-9-6-4-8(5-7-9)11(13,14)15/h4-7,10H,2-3H2,1H3. The quantitative estimate of drug-likeness (QED) is 0.738. The lowest BCUT2D eigenvalue weighted by atomic mass is 10.2. The molecule has 0 radical (unpaired) electrons. The van der Waals surface area contributed by atoms with Crippen molar-refractivity contribution in [2.75, 3.05) is 0 Å². The van der Waals surface area contributed by atoms with Crippen LogP contribution in [0.2, 0.25) is 0 Å². The second-order valence-corrected chi connectivity index (χ2v) is 4.36. The van der Waals surface area contributed by atoms with E-state index < -0.39 is 11.7 Å².